The van der Waals surface area contributed by atoms with Crippen molar-refractivity contribution in [3.8, 4) is 11.5 Å². The predicted octanol–water partition coefficient (Wildman–Crippen LogP) is 6.07. The van der Waals surface area contributed by atoms with Crippen molar-refractivity contribution in [2.75, 3.05) is 26.9 Å². The number of benzene rings is 4. The first kappa shape index (κ1) is 33.0. The molecule has 1 aliphatic rings. The zero-order valence-corrected chi connectivity index (χ0v) is 26.4. The maximum absolute atomic E-state index is 14.5. The maximum Gasteiger partial charge on any atom is 0.266 e. The number of aliphatic imine (C=N–C) groups is 1. The van der Waals surface area contributed by atoms with Crippen molar-refractivity contribution in [1.29, 1.82) is 0 Å². The lowest BCUT2D eigenvalue weighted by Crippen LogP contribution is -2.54. The van der Waals surface area contributed by atoms with Gasteiger partial charge in [-0.05, 0) is 72.0 Å². The molecule has 0 spiro atoms. The molecule has 11 heteroatoms. The van der Waals surface area contributed by atoms with Gasteiger partial charge in [0.2, 0.25) is 5.90 Å². The highest BCUT2D eigenvalue weighted by atomic mass is 16.5. The third-order valence-electron chi connectivity index (χ3n) is 7.89. The molecule has 3 N–H and O–H groups in total. The molecule has 242 valence electrons. The van der Waals surface area contributed by atoms with E-state index >= 15 is 0 Å². The lowest BCUT2D eigenvalue weighted by atomic mass is 9.81. The van der Waals surface area contributed by atoms with Crippen molar-refractivity contribution in [3.05, 3.63) is 135 Å². The van der Waals surface area contributed by atoms with Gasteiger partial charge in [-0.15, -0.1) is 0 Å². The third-order valence-corrected chi connectivity index (χ3v) is 7.89. The Morgan fingerprint density at radius 3 is 2.57 bits per heavy atom. The average Bonchev–Trinajstić information content (AvgIpc) is 3.49. The molecule has 1 amide bonds. The summed E-state index contributed by atoms with van der Waals surface area (Å²) in [5, 5.41) is 13.0. The predicted molar refractivity (Wildman–Crippen MR) is 180 cm³/mol. The van der Waals surface area contributed by atoms with E-state index in [4.69, 9.17) is 24.3 Å². The average molecular weight is 635 g/mol. The Hall–Kier alpha value is -5.35. The van der Waals surface area contributed by atoms with E-state index in [0.717, 1.165) is 5.56 Å². The topological polar surface area (TPSA) is 150 Å². The van der Waals surface area contributed by atoms with Crippen LogP contribution in [0.25, 0.3) is 10.4 Å². The fourth-order valence-electron chi connectivity index (χ4n) is 5.40. The summed E-state index contributed by atoms with van der Waals surface area (Å²) in [6.07, 6.45) is 0.422. The zero-order chi connectivity index (χ0) is 33.1. The van der Waals surface area contributed by atoms with E-state index in [9.17, 15) is 10.3 Å². The summed E-state index contributed by atoms with van der Waals surface area (Å²) in [4.78, 5) is 22.5. The normalized spacial score (nSPS) is 16.8. The molecule has 1 aliphatic heterocycles. The van der Waals surface area contributed by atoms with Crippen LogP contribution in [0.5, 0.6) is 11.5 Å². The largest absolute Gasteiger partial charge is 0.497 e. The van der Waals surface area contributed by atoms with E-state index in [1.807, 2.05) is 55.5 Å². The smallest absolute Gasteiger partial charge is 0.266 e. The van der Waals surface area contributed by atoms with Crippen molar-refractivity contribution < 1.29 is 24.1 Å². The molecule has 0 unspecified atom stereocenters. The van der Waals surface area contributed by atoms with E-state index < -0.39 is 17.6 Å². The molecular weight excluding hydrogens is 596 g/mol. The minimum atomic E-state index is -1.52. The Labute approximate surface area is 273 Å². The van der Waals surface area contributed by atoms with Crippen LogP contribution in [0.4, 0.5) is 5.69 Å². The van der Waals surface area contributed by atoms with Gasteiger partial charge in [-0.25, -0.2) is 10.4 Å². The van der Waals surface area contributed by atoms with Crippen LogP contribution < -0.4 is 20.3 Å². The molecule has 0 aliphatic carbocycles. The van der Waals surface area contributed by atoms with Crippen molar-refractivity contribution >= 4 is 17.5 Å². The molecule has 4 aromatic carbocycles. The van der Waals surface area contributed by atoms with Gasteiger partial charge in [-0.2, -0.15) is 0 Å². The van der Waals surface area contributed by atoms with Crippen LogP contribution in [-0.4, -0.2) is 49.3 Å². The summed E-state index contributed by atoms with van der Waals surface area (Å²) in [6.45, 7) is 2.96. The number of carbonyl (C=O) groups is 1. The molecule has 0 saturated carbocycles. The number of aryl methyl sites for hydroxylation is 1. The Morgan fingerprint density at radius 1 is 1.04 bits per heavy atom. The summed E-state index contributed by atoms with van der Waals surface area (Å²) >= 11 is 0. The second-order valence-corrected chi connectivity index (χ2v) is 11.2. The monoisotopic (exact) mass is 634 g/mol. The number of hydrogen-bond donors (Lipinski definition) is 3. The van der Waals surface area contributed by atoms with Crippen molar-refractivity contribution in [2.24, 2.45) is 10.1 Å². The maximum atomic E-state index is 14.5. The van der Waals surface area contributed by atoms with E-state index in [1.165, 1.54) is 5.56 Å². The number of hydrazine groups is 1. The highest BCUT2D eigenvalue weighted by Gasteiger charge is 2.53. The number of carbonyl (C=O) groups excluding carboxylic acids is 1. The SMILES string of the molecule is COc1cccc([C@@H]2OC(c3ccc(OCCCO)cc3)=N[C@]2(Cc2ccccc2N=[N+]=[N-])C(=O)NNCCc2ccc(C)cc2)c1. The molecular formula is C36H38N6O5. The summed E-state index contributed by atoms with van der Waals surface area (Å²) in [6, 6.07) is 30.0. The number of hydrogen-bond acceptors (Lipinski definition) is 8. The quantitative estimate of drug-likeness (QED) is 0.0475. The van der Waals surface area contributed by atoms with Gasteiger partial charge in [0.1, 0.15) is 11.5 Å². The number of nitrogens with one attached hydrogen (secondary N) is 2. The van der Waals surface area contributed by atoms with Crippen LogP contribution in [-0.2, 0) is 22.4 Å². The van der Waals surface area contributed by atoms with Crippen LogP contribution in [0.3, 0.4) is 0 Å². The summed E-state index contributed by atoms with van der Waals surface area (Å²) in [5.41, 5.74) is 18.4. The second kappa shape index (κ2) is 15.8. The molecule has 0 saturated heterocycles. The first-order valence-corrected chi connectivity index (χ1v) is 15.4. The van der Waals surface area contributed by atoms with Gasteiger partial charge in [0.15, 0.2) is 11.6 Å². The van der Waals surface area contributed by atoms with E-state index in [-0.39, 0.29) is 18.9 Å². The number of azide groups is 1. The van der Waals surface area contributed by atoms with Crippen LogP contribution in [0, 0.1) is 6.92 Å². The Balaban J connectivity index is 1.53. The zero-order valence-electron chi connectivity index (χ0n) is 26.4. The molecule has 47 heavy (non-hydrogen) atoms. The number of ether oxygens (including phenoxy) is 3. The van der Waals surface area contributed by atoms with E-state index in [1.54, 1.807) is 31.4 Å². The van der Waals surface area contributed by atoms with Crippen molar-refractivity contribution in [2.45, 2.75) is 37.8 Å². The first-order chi connectivity index (χ1) is 23.0. The van der Waals surface area contributed by atoms with Gasteiger partial charge in [-0.1, -0.05) is 71.3 Å². The minimum absolute atomic E-state index is 0.0438. The fraction of sp³-hybridized carbons (Fsp3) is 0.278. The molecule has 5 rings (SSSR count). The van der Waals surface area contributed by atoms with Gasteiger partial charge in [0.25, 0.3) is 5.91 Å². The third kappa shape index (κ3) is 8.09. The summed E-state index contributed by atoms with van der Waals surface area (Å²) in [5.74, 6) is 1.10. The highest BCUT2D eigenvalue weighted by molar-refractivity contribution is 6.01. The van der Waals surface area contributed by atoms with Crippen LogP contribution in [0.1, 0.15) is 40.3 Å². The fourth-order valence-corrected chi connectivity index (χ4v) is 5.40. The van der Waals surface area contributed by atoms with E-state index in [0.29, 0.717) is 59.9 Å². The lowest BCUT2D eigenvalue weighted by molar-refractivity contribution is -0.130. The molecule has 4 aromatic rings. The van der Waals surface area contributed by atoms with Gasteiger partial charge in [-0.3, -0.25) is 10.2 Å². The molecule has 0 fully saturated rings. The Kier molecular flexibility index (Phi) is 11.1. The van der Waals surface area contributed by atoms with Crippen LogP contribution in [0.15, 0.2) is 107 Å². The Bertz CT molecular complexity index is 1740. The molecule has 0 aromatic heterocycles. The van der Waals surface area contributed by atoms with Gasteiger partial charge >= 0.3 is 0 Å². The number of aliphatic hydroxyl groups is 1. The molecule has 1 heterocycles. The standard InChI is InChI=1S/C36H38N6O5/c1-25-11-13-26(14-12-25)19-20-38-41-35(44)36(24-29-7-3-4-10-32(29)40-42-37)33(28-8-5-9-31(23-28)45-2)47-34(39-36)27-15-17-30(18-16-27)46-22-6-21-43/h3-5,7-18,23,33,38,43H,6,19-22,24H2,1-2H3,(H,41,44)/t33-,36-/m0/s1. The molecule has 0 radical (unpaired) electrons. The number of amides is 1. The molecule has 11 nitrogen and oxygen atoms in total. The first-order valence-electron chi connectivity index (χ1n) is 15.4. The number of aliphatic hydroxyl groups excluding tert-OH is 1. The molecule has 2 atom stereocenters. The van der Waals surface area contributed by atoms with Gasteiger partial charge in [0.05, 0.1) is 13.7 Å². The highest BCUT2D eigenvalue weighted by Crippen LogP contribution is 2.44. The summed E-state index contributed by atoms with van der Waals surface area (Å²) in [7, 11) is 1.58. The molecule has 0 bridgehead atoms. The van der Waals surface area contributed by atoms with Crippen molar-refractivity contribution in [1.82, 2.24) is 10.9 Å². The van der Waals surface area contributed by atoms with Gasteiger partial charge in [0, 0.05) is 42.2 Å². The van der Waals surface area contributed by atoms with Crippen molar-refractivity contribution in [3.63, 3.8) is 0 Å². The summed E-state index contributed by atoms with van der Waals surface area (Å²) < 4.78 is 17.8. The number of nitrogens with zero attached hydrogens (tertiary/aromatic N) is 4. The van der Waals surface area contributed by atoms with E-state index in [2.05, 4.69) is 45.1 Å². The number of rotatable bonds is 15. The minimum Gasteiger partial charge on any atom is -0.497 e. The Morgan fingerprint density at radius 2 is 1.83 bits per heavy atom. The second-order valence-electron chi connectivity index (χ2n) is 11.2. The lowest BCUT2D eigenvalue weighted by Gasteiger charge is -2.31. The van der Waals surface area contributed by atoms with Crippen LogP contribution >= 0.6 is 0 Å². The van der Waals surface area contributed by atoms with Gasteiger partial charge < -0.3 is 19.3 Å². The van der Waals surface area contributed by atoms with Crippen LogP contribution in [0.2, 0.25) is 0 Å². The number of methoxy groups -OCH3 is 1.